The third kappa shape index (κ3) is 4.64. The predicted molar refractivity (Wildman–Crippen MR) is 101 cm³/mol. The summed E-state index contributed by atoms with van der Waals surface area (Å²) in [6, 6.07) is 11.1. The number of hydrogen-bond donors (Lipinski definition) is 1. The number of thioether (sulfide) groups is 1. The molecule has 0 radical (unpaired) electrons. The Morgan fingerprint density at radius 3 is 2.76 bits per heavy atom. The van der Waals surface area contributed by atoms with Gasteiger partial charge in [0.05, 0.1) is 11.8 Å². The van der Waals surface area contributed by atoms with Crippen molar-refractivity contribution < 1.29 is 9.59 Å². The molecular weight excluding hydrogens is 354 g/mol. The Morgan fingerprint density at radius 1 is 1.20 bits per heavy atom. The lowest BCUT2D eigenvalue weighted by Crippen LogP contribution is -2.42. The number of carbonyl (C=O) groups is 2. The third-order valence-electron chi connectivity index (χ3n) is 3.67. The van der Waals surface area contributed by atoms with Gasteiger partial charge in [0.2, 0.25) is 5.91 Å². The highest BCUT2D eigenvalue weighted by atomic mass is 32.2. The molecule has 0 aliphatic rings. The summed E-state index contributed by atoms with van der Waals surface area (Å²) in [7, 11) is 0. The van der Waals surface area contributed by atoms with Crippen LogP contribution in [-0.4, -0.2) is 33.5 Å². The number of ketones is 1. The maximum absolute atomic E-state index is 12.3. The van der Waals surface area contributed by atoms with Crippen LogP contribution in [0.3, 0.4) is 0 Å². The number of fused-ring (bicyclic) bond motifs is 1. The maximum atomic E-state index is 12.3. The minimum Gasteiger partial charge on any atom is -0.345 e. The Hall–Kier alpha value is -2.25. The second-order valence-electron chi connectivity index (χ2n) is 5.53. The van der Waals surface area contributed by atoms with E-state index in [1.807, 2.05) is 41.8 Å². The summed E-state index contributed by atoms with van der Waals surface area (Å²) < 4.78 is 0. The molecule has 1 amide bonds. The molecule has 3 rings (SSSR count). The number of nitrogens with one attached hydrogen (secondary N) is 1. The lowest BCUT2D eigenvalue weighted by molar-refractivity contribution is -0.125. The zero-order valence-corrected chi connectivity index (χ0v) is 15.3. The molecular formula is C18H17N3O2S2. The Balaban J connectivity index is 1.60. The van der Waals surface area contributed by atoms with Crippen LogP contribution in [0.1, 0.15) is 12.5 Å². The van der Waals surface area contributed by atoms with Crippen molar-refractivity contribution in [1.82, 2.24) is 15.3 Å². The Morgan fingerprint density at radius 2 is 2.00 bits per heavy atom. The van der Waals surface area contributed by atoms with Gasteiger partial charge in [-0.25, -0.2) is 9.97 Å². The van der Waals surface area contributed by atoms with Gasteiger partial charge in [-0.15, -0.1) is 11.3 Å². The van der Waals surface area contributed by atoms with Gasteiger partial charge in [-0.3, -0.25) is 9.59 Å². The normalized spacial score (nSPS) is 12.0. The van der Waals surface area contributed by atoms with Gasteiger partial charge in [0.25, 0.3) is 0 Å². The van der Waals surface area contributed by atoms with E-state index in [4.69, 9.17) is 0 Å². The summed E-state index contributed by atoms with van der Waals surface area (Å²) in [5.41, 5.74) is 1.02. The first-order chi connectivity index (χ1) is 12.1. The molecule has 2 aromatic heterocycles. The highest BCUT2D eigenvalue weighted by Gasteiger charge is 2.18. The molecule has 7 heteroatoms. The van der Waals surface area contributed by atoms with Crippen molar-refractivity contribution in [2.45, 2.75) is 24.4 Å². The number of aromatic nitrogens is 2. The van der Waals surface area contributed by atoms with Crippen LogP contribution in [0.2, 0.25) is 0 Å². The van der Waals surface area contributed by atoms with Crippen molar-refractivity contribution in [3.05, 3.63) is 53.7 Å². The van der Waals surface area contributed by atoms with Crippen molar-refractivity contribution in [2.24, 2.45) is 0 Å². The van der Waals surface area contributed by atoms with E-state index < -0.39 is 6.04 Å². The fourth-order valence-electron chi connectivity index (χ4n) is 2.40. The van der Waals surface area contributed by atoms with E-state index in [1.54, 1.807) is 11.3 Å². The van der Waals surface area contributed by atoms with Gasteiger partial charge in [-0.05, 0) is 30.4 Å². The van der Waals surface area contributed by atoms with Crippen molar-refractivity contribution in [3.8, 4) is 0 Å². The number of rotatable bonds is 7. The van der Waals surface area contributed by atoms with Crippen LogP contribution in [0.15, 0.2) is 53.1 Å². The lowest BCUT2D eigenvalue weighted by atomic mass is 10.0. The summed E-state index contributed by atoms with van der Waals surface area (Å²) in [5, 5.41) is 6.52. The average molecular weight is 371 g/mol. The van der Waals surface area contributed by atoms with E-state index in [0.29, 0.717) is 6.42 Å². The van der Waals surface area contributed by atoms with Crippen LogP contribution in [0.5, 0.6) is 0 Å². The predicted octanol–water partition coefficient (Wildman–Crippen LogP) is 3.10. The van der Waals surface area contributed by atoms with E-state index in [1.165, 1.54) is 25.0 Å². The second kappa shape index (κ2) is 8.22. The topological polar surface area (TPSA) is 72.0 Å². The van der Waals surface area contributed by atoms with Gasteiger partial charge in [0, 0.05) is 5.39 Å². The molecule has 5 nitrogen and oxygen atoms in total. The molecule has 1 aromatic carbocycles. The molecule has 0 saturated heterocycles. The van der Waals surface area contributed by atoms with Gasteiger partial charge in [0.15, 0.2) is 5.78 Å². The van der Waals surface area contributed by atoms with Gasteiger partial charge >= 0.3 is 0 Å². The highest BCUT2D eigenvalue weighted by Crippen LogP contribution is 2.27. The van der Waals surface area contributed by atoms with Crippen molar-refractivity contribution >= 4 is 45.0 Å². The van der Waals surface area contributed by atoms with Gasteiger partial charge in [-0.1, -0.05) is 42.1 Å². The lowest BCUT2D eigenvalue weighted by Gasteiger charge is -2.16. The first-order valence-corrected chi connectivity index (χ1v) is 9.65. The first kappa shape index (κ1) is 17.6. The number of thiophene rings is 1. The molecule has 3 aromatic rings. The van der Waals surface area contributed by atoms with Crippen LogP contribution in [0, 0.1) is 0 Å². The number of hydrogen-bond acceptors (Lipinski definition) is 6. The summed E-state index contributed by atoms with van der Waals surface area (Å²) >= 11 is 2.90. The van der Waals surface area contributed by atoms with Crippen LogP contribution < -0.4 is 5.32 Å². The van der Waals surface area contributed by atoms with Crippen LogP contribution in [0.4, 0.5) is 0 Å². The fourth-order valence-corrected chi connectivity index (χ4v) is 3.99. The van der Waals surface area contributed by atoms with Crippen LogP contribution in [0.25, 0.3) is 10.2 Å². The molecule has 0 bridgehead atoms. The number of benzene rings is 1. The minimum atomic E-state index is -0.512. The molecule has 25 heavy (non-hydrogen) atoms. The quantitative estimate of drug-likeness (QED) is 0.510. The summed E-state index contributed by atoms with van der Waals surface area (Å²) in [5.74, 6) is -0.0202. The summed E-state index contributed by atoms with van der Waals surface area (Å²) in [4.78, 5) is 33.5. The van der Waals surface area contributed by atoms with Gasteiger partial charge < -0.3 is 5.32 Å². The molecule has 0 aliphatic heterocycles. The number of Topliss-reactive ketones (excluding diaryl/α,β-unsaturated/α-hetero) is 1. The maximum Gasteiger partial charge on any atom is 0.231 e. The molecule has 0 aliphatic carbocycles. The van der Waals surface area contributed by atoms with E-state index in [2.05, 4.69) is 15.3 Å². The molecule has 128 valence electrons. The Kier molecular flexibility index (Phi) is 5.78. The zero-order chi connectivity index (χ0) is 17.6. The van der Waals surface area contributed by atoms with Gasteiger partial charge in [0.1, 0.15) is 16.2 Å². The fraction of sp³-hybridized carbons (Fsp3) is 0.222. The smallest absolute Gasteiger partial charge is 0.231 e. The average Bonchev–Trinajstić information content (AvgIpc) is 3.09. The van der Waals surface area contributed by atoms with Crippen molar-refractivity contribution in [2.75, 3.05) is 5.75 Å². The SMILES string of the molecule is CC(=O)[C@H](Cc1ccccc1)NC(=O)CSc1ncnc2sccc12. The molecule has 2 heterocycles. The van der Waals surface area contributed by atoms with Crippen LogP contribution >= 0.6 is 23.1 Å². The van der Waals surface area contributed by atoms with Crippen LogP contribution in [-0.2, 0) is 16.0 Å². The number of carbonyl (C=O) groups excluding carboxylic acids is 2. The first-order valence-electron chi connectivity index (χ1n) is 7.78. The largest absolute Gasteiger partial charge is 0.345 e. The van der Waals surface area contributed by atoms with E-state index >= 15 is 0 Å². The zero-order valence-electron chi connectivity index (χ0n) is 13.6. The standard InChI is InChI=1S/C18H17N3O2S2/c1-12(22)15(9-13-5-3-2-4-6-13)21-16(23)10-25-18-14-7-8-24-17(14)19-11-20-18/h2-8,11,15H,9-10H2,1H3,(H,21,23)/t15-/m0/s1. The van der Waals surface area contributed by atoms with Crippen molar-refractivity contribution in [3.63, 3.8) is 0 Å². The Bertz CT molecular complexity index is 880. The Labute approximate surface area is 153 Å². The molecule has 0 fully saturated rings. The van der Waals surface area contributed by atoms with E-state index in [-0.39, 0.29) is 17.4 Å². The summed E-state index contributed by atoms with van der Waals surface area (Å²) in [6.45, 7) is 1.50. The van der Waals surface area contributed by atoms with E-state index in [9.17, 15) is 9.59 Å². The monoisotopic (exact) mass is 371 g/mol. The summed E-state index contributed by atoms with van der Waals surface area (Å²) in [6.07, 6.45) is 2.00. The molecule has 1 N–H and O–H groups in total. The molecule has 0 unspecified atom stereocenters. The third-order valence-corrected chi connectivity index (χ3v) is 5.50. The number of nitrogens with zero attached hydrogens (tertiary/aromatic N) is 2. The highest BCUT2D eigenvalue weighted by molar-refractivity contribution is 8.00. The minimum absolute atomic E-state index is 0.0514. The molecule has 0 saturated carbocycles. The van der Waals surface area contributed by atoms with Gasteiger partial charge in [-0.2, -0.15) is 0 Å². The van der Waals surface area contributed by atoms with E-state index in [0.717, 1.165) is 20.8 Å². The number of amides is 1. The molecule has 1 atom stereocenters. The second-order valence-corrected chi connectivity index (χ2v) is 7.39. The van der Waals surface area contributed by atoms with Crippen molar-refractivity contribution in [1.29, 1.82) is 0 Å². The molecule has 0 spiro atoms.